The van der Waals surface area contributed by atoms with E-state index in [0.29, 0.717) is 0 Å². The van der Waals surface area contributed by atoms with E-state index in [1.807, 2.05) is 0 Å². The van der Waals surface area contributed by atoms with Crippen LogP contribution in [0.3, 0.4) is 0 Å². The first-order valence-corrected chi connectivity index (χ1v) is 3.13. The molecule has 0 bridgehead atoms. The molecule has 0 rings (SSSR count). The van der Waals surface area contributed by atoms with Crippen LogP contribution < -0.4 is 34.4 Å². The molecule has 14 N–H and O–H groups in total. The van der Waals surface area contributed by atoms with Crippen molar-refractivity contribution in [1.29, 1.82) is 10.8 Å². The fourth-order valence-corrected chi connectivity index (χ4v) is 0.278. The molecule has 10 nitrogen and oxygen atoms in total. The van der Waals surface area contributed by atoms with E-state index in [2.05, 4.69) is 9.98 Å². The Labute approximate surface area is 96.6 Å². The number of hydrogen-bond donors (Lipinski definition) is 8. The third kappa shape index (κ3) is 33.3. The van der Waals surface area contributed by atoms with Gasteiger partial charge in [-0.15, -0.1) is 0 Å². The number of hydrogen-bond acceptors (Lipinski definition) is 2. The van der Waals surface area contributed by atoms with Crippen LogP contribution in [-0.2, 0) is 17.1 Å². The summed E-state index contributed by atoms with van der Waals surface area (Å²) in [5, 5.41) is 12.9. The van der Waals surface area contributed by atoms with E-state index < -0.39 is 0 Å². The predicted molar refractivity (Wildman–Crippen MR) is 55.4 cm³/mol. The Balaban J connectivity index is -0.000000180. The molecule has 0 amide bonds. The van der Waals surface area contributed by atoms with Gasteiger partial charge in [-0.3, -0.25) is 10.8 Å². The van der Waals surface area contributed by atoms with Crippen LogP contribution >= 0.6 is 0 Å². The van der Waals surface area contributed by atoms with Crippen LogP contribution in [0.5, 0.6) is 0 Å². The van der Waals surface area contributed by atoms with Crippen molar-refractivity contribution >= 4 is 23.8 Å². The molecule has 0 fully saturated rings. The molecule has 0 aromatic carbocycles. The van der Waals surface area contributed by atoms with Gasteiger partial charge in [-0.2, -0.15) is 9.98 Å². The molecule has 0 aromatic rings. The van der Waals surface area contributed by atoms with Crippen molar-refractivity contribution in [3.63, 3.8) is 0 Å². The van der Waals surface area contributed by atoms with E-state index in [0.717, 1.165) is 0 Å². The average molecular weight is 266 g/mol. The smallest absolute Gasteiger partial charge is 0.370 e. The summed E-state index contributed by atoms with van der Waals surface area (Å²) in [6.45, 7) is 0. The monoisotopic (exact) mass is 265 g/mol. The summed E-state index contributed by atoms with van der Waals surface area (Å²) in [7, 11) is 0. The number of nitrogens with two attached hydrogens (primary N) is 6. The minimum atomic E-state index is -0.375. The van der Waals surface area contributed by atoms with Crippen LogP contribution in [0, 0.1) is 10.8 Å². The van der Waals surface area contributed by atoms with Gasteiger partial charge in [0.15, 0.2) is 11.9 Å². The summed E-state index contributed by atoms with van der Waals surface area (Å²) in [5.41, 5.74) is 28.7. The summed E-state index contributed by atoms with van der Waals surface area (Å²) in [6.07, 6.45) is 0. The summed E-state index contributed by atoms with van der Waals surface area (Å²) in [4.78, 5) is 6.22. The minimum Gasteiger partial charge on any atom is -0.370 e. The molecule has 0 atom stereocenters. The zero-order valence-corrected chi connectivity index (χ0v) is 8.60. The zero-order valence-electron chi connectivity index (χ0n) is 7.66. The van der Waals surface area contributed by atoms with E-state index in [9.17, 15) is 0 Å². The first-order valence-electron chi connectivity index (χ1n) is 3.13. The molecule has 15 heavy (non-hydrogen) atoms. The van der Waals surface area contributed by atoms with Gasteiger partial charge >= 0.3 is 17.1 Å². The van der Waals surface area contributed by atoms with Gasteiger partial charge in [0.25, 0.3) is 0 Å². The van der Waals surface area contributed by atoms with Crippen LogP contribution in [0.2, 0.25) is 0 Å². The number of guanidine groups is 4. The summed E-state index contributed by atoms with van der Waals surface area (Å²) in [6, 6.07) is 0. The van der Waals surface area contributed by atoms with Gasteiger partial charge in [-0.25, -0.2) is 0 Å². The Bertz CT molecular complexity index is 231. The van der Waals surface area contributed by atoms with E-state index in [1.54, 1.807) is 0 Å². The Hall–Kier alpha value is -2.00. The molecule has 0 aliphatic heterocycles. The van der Waals surface area contributed by atoms with Gasteiger partial charge in [0.05, 0.1) is 0 Å². The van der Waals surface area contributed by atoms with Crippen LogP contribution in [0.1, 0.15) is 0 Å². The Morgan fingerprint density at radius 1 is 0.667 bits per heavy atom. The molecule has 0 spiro atoms. The quantitative estimate of drug-likeness (QED) is 0.125. The van der Waals surface area contributed by atoms with Crippen LogP contribution in [-0.4, -0.2) is 23.8 Å². The maximum absolute atomic E-state index is 6.46. The molecule has 0 unspecified atom stereocenters. The first-order chi connectivity index (χ1) is 6.25. The summed E-state index contributed by atoms with van der Waals surface area (Å²) in [5.74, 6) is -1.12. The fraction of sp³-hybridized carbons (Fsp3) is 0. The van der Waals surface area contributed by atoms with Gasteiger partial charge in [0, 0.05) is 0 Å². The van der Waals surface area contributed by atoms with Crippen molar-refractivity contribution < 1.29 is 17.1 Å². The van der Waals surface area contributed by atoms with Gasteiger partial charge in [-0.05, 0) is 0 Å². The van der Waals surface area contributed by atoms with E-state index in [4.69, 9.17) is 45.2 Å². The number of nitrogens with zero attached hydrogens (tertiary/aromatic N) is 2. The van der Waals surface area contributed by atoms with E-state index in [1.165, 1.54) is 0 Å². The third-order valence-corrected chi connectivity index (χ3v) is 0.499. The van der Waals surface area contributed by atoms with Crippen molar-refractivity contribution in [1.82, 2.24) is 0 Å². The van der Waals surface area contributed by atoms with Gasteiger partial charge in [0.1, 0.15) is 0 Å². The molecule has 0 aliphatic carbocycles. The molecule has 0 aliphatic rings. The molecule has 0 saturated heterocycles. The van der Waals surface area contributed by atoms with E-state index in [-0.39, 0.29) is 40.9 Å². The Morgan fingerprint density at radius 2 is 0.867 bits per heavy atom. The number of nitrogens with one attached hydrogen (secondary N) is 2. The van der Waals surface area contributed by atoms with Crippen molar-refractivity contribution in [2.75, 3.05) is 0 Å². The molecule has 0 aromatic heterocycles. The molecule has 89 valence electrons. The Kier molecular flexibility index (Phi) is 12.6. The molecule has 0 saturated carbocycles. The maximum atomic E-state index is 6.46. The molecular formula is C4H14CuN10+2. The van der Waals surface area contributed by atoms with Crippen molar-refractivity contribution in [3.8, 4) is 0 Å². The van der Waals surface area contributed by atoms with Gasteiger partial charge < -0.3 is 34.4 Å². The number of rotatable bonds is 0. The first kappa shape index (κ1) is 18.7. The van der Waals surface area contributed by atoms with Crippen molar-refractivity contribution in [3.05, 3.63) is 0 Å². The van der Waals surface area contributed by atoms with Crippen molar-refractivity contribution in [2.45, 2.75) is 0 Å². The van der Waals surface area contributed by atoms with Crippen LogP contribution in [0.25, 0.3) is 0 Å². The second-order valence-electron chi connectivity index (χ2n) is 1.84. The average Bonchev–Trinajstić information content (AvgIpc) is 1.79. The van der Waals surface area contributed by atoms with Crippen LogP contribution in [0.15, 0.2) is 9.98 Å². The minimum absolute atomic E-state index is 0. The molecule has 11 heteroatoms. The topological polar surface area (TPSA) is 229 Å². The standard InChI is InChI=1S/2C2H7N5.Cu/c2*3-1(4)7-2(5)6;/h2*(H7,3,4,5,6,7);/q;;+2. The van der Waals surface area contributed by atoms with Gasteiger partial charge in [0.2, 0.25) is 11.9 Å². The fourth-order valence-electron chi connectivity index (χ4n) is 0.278. The third-order valence-electron chi connectivity index (χ3n) is 0.499. The summed E-state index contributed by atoms with van der Waals surface area (Å²) >= 11 is 0. The Morgan fingerprint density at radius 3 is 0.867 bits per heavy atom. The normalized spacial score (nSPS) is 6.93. The predicted octanol–water partition coefficient (Wildman–Crippen LogP) is -3.70. The van der Waals surface area contributed by atoms with Crippen LogP contribution in [0.4, 0.5) is 0 Å². The molecular weight excluding hydrogens is 252 g/mol. The molecule has 1 radical (unpaired) electrons. The maximum Gasteiger partial charge on any atom is 2.00 e. The SMILES string of the molecule is N=C(N)N=C(N)N.N=C(N)N=C(N)N.[Cu+2]. The van der Waals surface area contributed by atoms with Gasteiger partial charge in [-0.1, -0.05) is 0 Å². The van der Waals surface area contributed by atoms with E-state index >= 15 is 0 Å². The second kappa shape index (κ2) is 10.1. The zero-order chi connectivity index (χ0) is 11.7. The second-order valence-corrected chi connectivity index (χ2v) is 1.84. The largest absolute Gasteiger partial charge is 2.00 e. The summed E-state index contributed by atoms with van der Waals surface area (Å²) < 4.78 is 0. The molecule has 0 heterocycles. The number of aliphatic imine (C=N–C) groups is 2. The van der Waals surface area contributed by atoms with Crippen molar-refractivity contribution in [2.24, 2.45) is 44.4 Å².